The van der Waals surface area contributed by atoms with Crippen LogP contribution in [0.2, 0.25) is 0 Å². The standard InChI is InChI=1S/C24H23F2N5O4/c1-34-16-7-5-15(6-8-16)20-13-31-19(14-35-20)22(27-28-31)24(33)30-11-9-29(10-12-30)23(32)21-17(25)3-2-4-18(21)26/h2-8,20H,9-14H2,1H3. The van der Waals surface area contributed by atoms with Crippen LogP contribution >= 0.6 is 0 Å². The summed E-state index contributed by atoms with van der Waals surface area (Å²) in [6, 6.07) is 10.9. The normalized spacial score (nSPS) is 17.7. The van der Waals surface area contributed by atoms with Crippen molar-refractivity contribution in [1.29, 1.82) is 0 Å². The van der Waals surface area contributed by atoms with Gasteiger partial charge in [-0.3, -0.25) is 9.59 Å². The molecule has 1 fully saturated rings. The average molecular weight is 483 g/mol. The number of aromatic nitrogens is 3. The van der Waals surface area contributed by atoms with E-state index in [1.807, 2.05) is 24.3 Å². The number of halogens is 2. The van der Waals surface area contributed by atoms with Gasteiger partial charge in [-0.05, 0) is 29.8 Å². The number of amides is 2. The van der Waals surface area contributed by atoms with Gasteiger partial charge in [0.15, 0.2) is 5.69 Å². The Hall–Kier alpha value is -3.86. The number of carbonyl (C=O) groups excluding carboxylic acids is 2. The third kappa shape index (κ3) is 4.34. The Labute approximate surface area is 199 Å². The molecule has 3 heterocycles. The molecule has 182 valence electrons. The van der Waals surface area contributed by atoms with E-state index in [4.69, 9.17) is 9.47 Å². The molecule has 1 atom stereocenters. The smallest absolute Gasteiger partial charge is 0.276 e. The number of carbonyl (C=O) groups is 2. The second-order valence-corrected chi connectivity index (χ2v) is 8.32. The van der Waals surface area contributed by atoms with Crippen molar-refractivity contribution < 1.29 is 27.8 Å². The van der Waals surface area contributed by atoms with E-state index in [1.165, 1.54) is 11.0 Å². The van der Waals surface area contributed by atoms with Crippen molar-refractivity contribution in [3.05, 3.63) is 76.6 Å². The summed E-state index contributed by atoms with van der Waals surface area (Å²) in [5.74, 6) is -2.11. The number of fused-ring (bicyclic) bond motifs is 1. The van der Waals surface area contributed by atoms with Gasteiger partial charge in [-0.15, -0.1) is 5.10 Å². The fourth-order valence-electron chi connectivity index (χ4n) is 4.32. The fraction of sp³-hybridized carbons (Fsp3) is 0.333. The third-order valence-electron chi connectivity index (χ3n) is 6.32. The number of piperazine rings is 1. The number of rotatable bonds is 4. The van der Waals surface area contributed by atoms with Crippen molar-refractivity contribution in [1.82, 2.24) is 24.8 Å². The summed E-state index contributed by atoms with van der Waals surface area (Å²) in [7, 11) is 1.60. The molecule has 1 unspecified atom stereocenters. The van der Waals surface area contributed by atoms with Crippen molar-refractivity contribution in [2.24, 2.45) is 0 Å². The Bertz CT molecular complexity index is 1240. The molecule has 2 amide bonds. The van der Waals surface area contributed by atoms with Gasteiger partial charge in [-0.25, -0.2) is 13.5 Å². The van der Waals surface area contributed by atoms with Crippen LogP contribution in [0.4, 0.5) is 8.78 Å². The van der Waals surface area contributed by atoms with Crippen molar-refractivity contribution in [2.45, 2.75) is 19.3 Å². The summed E-state index contributed by atoms with van der Waals surface area (Å²) in [5, 5.41) is 8.25. The van der Waals surface area contributed by atoms with Crippen LogP contribution < -0.4 is 4.74 Å². The third-order valence-corrected chi connectivity index (χ3v) is 6.32. The maximum Gasteiger partial charge on any atom is 0.276 e. The minimum absolute atomic E-state index is 0.151. The van der Waals surface area contributed by atoms with Crippen molar-refractivity contribution in [3.8, 4) is 5.75 Å². The second kappa shape index (κ2) is 9.41. The molecule has 0 N–H and O–H groups in total. The van der Waals surface area contributed by atoms with E-state index in [1.54, 1.807) is 16.7 Å². The van der Waals surface area contributed by atoms with E-state index in [9.17, 15) is 18.4 Å². The molecule has 0 aliphatic carbocycles. The Morgan fingerprint density at radius 1 is 0.971 bits per heavy atom. The molecule has 0 spiro atoms. The largest absolute Gasteiger partial charge is 0.497 e. The zero-order valence-corrected chi connectivity index (χ0v) is 19.0. The molecule has 1 aromatic heterocycles. The molecule has 11 heteroatoms. The van der Waals surface area contributed by atoms with Gasteiger partial charge in [-0.1, -0.05) is 23.4 Å². The van der Waals surface area contributed by atoms with E-state index >= 15 is 0 Å². The van der Waals surface area contributed by atoms with Crippen molar-refractivity contribution in [3.63, 3.8) is 0 Å². The SMILES string of the molecule is COc1ccc(C2Cn3nnc(C(=O)N4CCN(C(=O)c5c(F)cccc5F)CC4)c3CO2)cc1. The second-order valence-electron chi connectivity index (χ2n) is 8.32. The molecule has 2 aromatic carbocycles. The van der Waals surface area contributed by atoms with Crippen LogP contribution in [-0.4, -0.2) is 69.9 Å². The molecule has 1 saturated heterocycles. The Balaban J connectivity index is 1.23. The van der Waals surface area contributed by atoms with Gasteiger partial charge >= 0.3 is 0 Å². The molecular weight excluding hydrogens is 460 g/mol. The van der Waals surface area contributed by atoms with E-state index in [2.05, 4.69) is 10.3 Å². The Morgan fingerprint density at radius 2 is 1.60 bits per heavy atom. The van der Waals surface area contributed by atoms with Gasteiger partial charge in [0, 0.05) is 26.2 Å². The lowest BCUT2D eigenvalue weighted by molar-refractivity contribution is -0.00204. The Morgan fingerprint density at radius 3 is 2.23 bits per heavy atom. The maximum atomic E-state index is 14.0. The zero-order chi connectivity index (χ0) is 24.5. The summed E-state index contributed by atoms with van der Waals surface area (Å²) in [6.07, 6.45) is -0.230. The first-order valence-electron chi connectivity index (χ1n) is 11.2. The van der Waals surface area contributed by atoms with Crippen LogP contribution in [0.5, 0.6) is 5.75 Å². The fourth-order valence-corrected chi connectivity index (χ4v) is 4.32. The first-order chi connectivity index (χ1) is 17.0. The number of nitrogens with zero attached hydrogens (tertiary/aromatic N) is 5. The summed E-state index contributed by atoms with van der Waals surface area (Å²) in [4.78, 5) is 28.6. The summed E-state index contributed by atoms with van der Waals surface area (Å²) >= 11 is 0. The summed E-state index contributed by atoms with van der Waals surface area (Å²) < 4.78 is 40.8. The van der Waals surface area contributed by atoms with Crippen LogP contribution in [0.1, 0.15) is 38.2 Å². The molecular formula is C24H23F2N5O4. The number of ether oxygens (including phenoxy) is 2. The zero-order valence-electron chi connectivity index (χ0n) is 19.0. The van der Waals surface area contributed by atoms with Crippen molar-refractivity contribution in [2.75, 3.05) is 33.3 Å². The highest BCUT2D eigenvalue weighted by Gasteiger charge is 2.33. The van der Waals surface area contributed by atoms with Gasteiger partial charge in [0.1, 0.15) is 29.1 Å². The van der Waals surface area contributed by atoms with Gasteiger partial charge in [0.25, 0.3) is 11.8 Å². The number of hydrogen-bond donors (Lipinski definition) is 0. The number of methoxy groups -OCH3 is 1. The first kappa shape index (κ1) is 22.9. The lowest BCUT2D eigenvalue weighted by atomic mass is 10.1. The maximum absolute atomic E-state index is 14.0. The van der Waals surface area contributed by atoms with Crippen LogP contribution in [0.15, 0.2) is 42.5 Å². The van der Waals surface area contributed by atoms with Crippen LogP contribution in [0.25, 0.3) is 0 Å². The Kier molecular flexibility index (Phi) is 6.16. The van der Waals surface area contributed by atoms with Gasteiger partial charge in [0.05, 0.1) is 26.0 Å². The van der Waals surface area contributed by atoms with Crippen LogP contribution in [-0.2, 0) is 17.9 Å². The molecule has 2 aliphatic rings. The minimum atomic E-state index is -0.905. The lowest BCUT2D eigenvalue weighted by Gasteiger charge is -2.34. The molecule has 0 bridgehead atoms. The molecule has 0 radical (unpaired) electrons. The first-order valence-corrected chi connectivity index (χ1v) is 11.2. The minimum Gasteiger partial charge on any atom is -0.497 e. The van der Waals surface area contributed by atoms with Crippen molar-refractivity contribution >= 4 is 11.8 Å². The average Bonchev–Trinajstić information content (AvgIpc) is 3.31. The predicted molar refractivity (Wildman–Crippen MR) is 119 cm³/mol. The highest BCUT2D eigenvalue weighted by molar-refractivity contribution is 5.96. The van der Waals surface area contributed by atoms with Gasteiger partial charge < -0.3 is 19.3 Å². The van der Waals surface area contributed by atoms with E-state index in [0.717, 1.165) is 23.4 Å². The number of benzene rings is 2. The predicted octanol–water partition coefficient (Wildman–Crippen LogP) is 2.43. The molecule has 9 nitrogen and oxygen atoms in total. The quantitative estimate of drug-likeness (QED) is 0.566. The molecule has 5 rings (SSSR count). The number of hydrogen-bond acceptors (Lipinski definition) is 6. The van der Waals surface area contributed by atoms with E-state index in [0.29, 0.717) is 12.2 Å². The monoisotopic (exact) mass is 483 g/mol. The lowest BCUT2D eigenvalue weighted by Crippen LogP contribution is -2.51. The summed E-state index contributed by atoms with van der Waals surface area (Å²) in [5.41, 5.74) is 1.18. The molecule has 3 aromatic rings. The van der Waals surface area contributed by atoms with E-state index in [-0.39, 0.29) is 50.5 Å². The van der Waals surface area contributed by atoms with Gasteiger partial charge in [0.2, 0.25) is 0 Å². The van der Waals surface area contributed by atoms with Crippen LogP contribution in [0, 0.1) is 11.6 Å². The molecule has 2 aliphatic heterocycles. The van der Waals surface area contributed by atoms with Gasteiger partial charge in [-0.2, -0.15) is 0 Å². The van der Waals surface area contributed by atoms with E-state index < -0.39 is 23.1 Å². The highest BCUT2D eigenvalue weighted by Crippen LogP contribution is 2.28. The summed E-state index contributed by atoms with van der Waals surface area (Å²) in [6.45, 7) is 1.31. The topological polar surface area (TPSA) is 89.8 Å². The van der Waals surface area contributed by atoms with Crippen LogP contribution in [0.3, 0.4) is 0 Å². The molecule has 35 heavy (non-hydrogen) atoms. The molecule has 0 saturated carbocycles. The highest BCUT2D eigenvalue weighted by atomic mass is 19.1.